The molecule has 1 saturated heterocycles. The maximum Gasteiger partial charge on any atom is 0.318 e. The van der Waals surface area contributed by atoms with E-state index in [1.54, 1.807) is 0 Å². The summed E-state index contributed by atoms with van der Waals surface area (Å²) >= 11 is 0. The van der Waals surface area contributed by atoms with Crippen LogP contribution in [-0.4, -0.2) is 5.97 Å². The highest BCUT2D eigenvalue weighted by atomic mass is 16.6. The molecule has 1 aliphatic rings. The summed E-state index contributed by atoms with van der Waals surface area (Å²) in [5.74, 6) is 0.806. The lowest BCUT2D eigenvalue weighted by molar-refractivity contribution is -0.148. The van der Waals surface area contributed by atoms with Gasteiger partial charge in [0.25, 0.3) is 0 Å². The van der Waals surface area contributed by atoms with Gasteiger partial charge in [0.1, 0.15) is 12.2 Å². The molecule has 0 bridgehead atoms. The molecule has 0 aliphatic carbocycles. The van der Waals surface area contributed by atoms with Crippen LogP contribution >= 0.6 is 0 Å². The summed E-state index contributed by atoms with van der Waals surface area (Å²) in [7, 11) is 0. The number of carbonyl (C=O) groups is 1. The lowest BCUT2D eigenvalue weighted by Gasteiger charge is -2.15. The van der Waals surface area contributed by atoms with E-state index >= 15 is 0 Å². The van der Waals surface area contributed by atoms with Crippen LogP contribution in [0, 0.1) is 0 Å². The maximum absolute atomic E-state index is 10.5. The van der Waals surface area contributed by atoms with E-state index < -0.39 is 0 Å². The number of cyclic esters (lactones) is 1. The smallest absolute Gasteiger partial charge is 0.318 e. The number of carbonyl (C=O) groups excluding carboxylic acids is 1. The first-order valence-electron chi connectivity index (χ1n) is 7.72. The standard InChI is InChI=1S/C16H28O2/c1-2-3-4-5-6-7-8-9-10-11-12-13-15-14-16(17)18-15/h13H,2-12,14H2,1H3/b15-13-. The van der Waals surface area contributed by atoms with Crippen LogP contribution in [0.3, 0.4) is 0 Å². The first kappa shape index (κ1) is 15.3. The largest absolute Gasteiger partial charge is 0.430 e. The van der Waals surface area contributed by atoms with E-state index in [-0.39, 0.29) is 5.97 Å². The van der Waals surface area contributed by atoms with Crippen molar-refractivity contribution in [3.63, 3.8) is 0 Å². The molecular weight excluding hydrogens is 224 g/mol. The molecule has 0 saturated carbocycles. The van der Waals surface area contributed by atoms with E-state index in [1.807, 2.05) is 0 Å². The molecule has 2 nitrogen and oxygen atoms in total. The van der Waals surface area contributed by atoms with Gasteiger partial charge in [0.2, 0.25) is 0 Å². The van der Waals surface area contributed by atoms with Gasteiger partial charge in [0, 0.05) is 0 Å². The first-order valence-corrected chi connectivity index (χ1v) is 7.72. The normalized spacial score (nSPS) is 16.7. The number of esters is 1. The van der Waals surface area contributed by atoms with Crippen molar-refractivity contribution >= 4 is 5.97 Å². The molecule has 0 aromatic heterocycles. The third-order valence-electron chi connectivity index (χ3n) is 3.49. The predicted octanol–water partition coefficient (Wildman–Crippen LogP) is 5.13. The van der Waals surface area contributed by atoms with Crippen LogP contribution in [0.2, 0.25) is 0 Å². The van der Waals surface area contributed by atoms with E-state index in [2.05, 4.69) is 13.0 Å². The minimum Gasteiger partial charge on any atom is -0.430 e. The van der Waals surface area contributed by atoms with Gasteiger partial charge in [0.15, 0.2) is 0 Å². The van der Waals surface area contributed by atoms with Crippen LogP contribution in [0.15, 0.2) is 11.8 Å². The Kier molecular flexibility index (Phi) is 8.62. The summed E-state index contributed by atoms with van der Waals surface area (Å²) in [6.45, 7) is 2.26. The second-order valence-corrected chi connectivity index (χ2v) is 5.29. The Morgan fingerprint density at radius 1 is 0.944 bits per heavy atom. The highest BCUT2D eigenvalue weighted by Crippen LogP contribution is 2.19. The van der Waals surface area contributed by atoms with Crippen molar-refractivity contribution in [3.05, 3.63) is 11.8 Å². The van der Waals surface area contributed by atoms with E-state index in [0.29, 0.717) is 6.42 Å². The summed E-state index contributed by atoms with van der Waals surface area (Å²) < 4.78 is 4.85. The fourth-order valence-corrected chi connectivity index (χ4v) is 2.29. The van der Waals surface area contributed by atoms with E-state index in [4.69, 9.17) is 4.74 Å². The van der Waals surface area contributed by atoms with Crippen LogP contribution in [0.25, 0.3) is 0 Å². The summed E-state index contributed by atoms with van der Waals surface area (Å²) in [6, 6.07) is 0. The number of ether oxygens (including phenoxy) is 1. The Morgan fingerprint density at radius 2 is 1.44 bits per heavy atom. The zero-order chi connectivity index (χ0) is 13.1. The zero-order valence-electron chi connectivity index (χ0n) is 11.9. The molecule has 0 spiro atoms. The molecule has 1 fully saturated rings. The molecule has 104 valence electrons. The quantitative estimate of drug-likeness (QED) is 0.376. The molecule has 1 aliphatic heterocycles. The molecule has 0 radical (unpaired) electrons. The third kappa shape index (κ3) is 7.52. The van der Waals surface area contributed by atoms with E-state index in [1.165, 1.54) is 64.2 Å². The van der Waals surface area contributed by atoms with Crippen LogP contribution < -0.4 is 0 Å². The van der Waals surface area contributed by atoms with Gasteiger partial charge in [-0.3, -0.25) is 4.79 Å². The van der Waals surface area contributed by atoms with Crippen LogP contribution in [0.4, 0.5) is 0 Å². The van der Waals surface area contributed by atoms with Gasteiger partial charge in [-0.2, -0.15) is 0 Å². The molecule has 0 atom stereocenters. The fraction of sp³-hybridized carbons (Fsp3) is 0.812. The average Bonchev–Trinajstić information content (AvgIpc) is 2.33. The molecule has 0 aromatic carbocycles. The summed E-state index contributed by atoms with van der Waals surface area (Å²) in [5.41, 5.74) is 0. The van der Waals surface area contributed by atoms with Crippen molar-refractivity contribution < 1.29 is 9.53 Å². The number of hydrogen-bond donors (Lipinski definition) is 0. The zero-order valence-corrected chi connectivity index (χ0v) is 11.9. The average molecular weight is 252 g/mol. The Hall–Kier alpha value is -0.790. The second kappa shape index (κ2) is 10.2. The molecular formula is C16H28O2. The summed E-state index contributed by atoms with van der Waals surface area (Å²) in [4.78, 5) is 10.5. The summed E-state index contributed by atoms with van der Waals surface area (Å²) in [5, 5.41) is 0. The Morgan fingerprint density at radius 3 is 1.94 bits per heavy atom. The van der Waals surface area contributed by atoms with Crippen molar-refractivity contribution in [1.29, 1.82) is 0 Å². The Balaban J connectivity index is 1.74. The second-order valence-electron chi connectivity index (χ2n) is 5.29. The number of rotatable bonds is 11. The highest BCUT2D eigenvalue weighted by molar-refractivity contribution is 5.79. The lowest BCUT2D eigenvalue weighted by Crippen LogP contribution is -2.17. The van der Waals surface area contributed by atoms with Crippen LogP contribution in [0.1, 0.15) is 84.0 Å². The molecule has 2 heteroatoms. The SMILES string of the molecule is CCCCCCCCCCCC/C=C1/CC(=O)O1. The molecule has 0 aromatic rings. The lowest BCUT2D eigenvalue weighted by atomic mass is 10.1. The highest BCUT2D eigenvalue weighted by Gasteiger charge is 2.20. The van der Waals surface area contributed by atoms with Crippen molar-refractivity contribution in [3.8, 4) is 0 Å². The maximum atomic E-state index is 10.5. The molecule has 0 N–H and O–H groups in total. The van der Waals surface area contributed by atoms with Gasteiger partial charge < -0.3 is 4.74 Å². The molecule has 1 rings (SSSR count). The minimum absolute atomic E-state index is 0.0793. The van der Waals surface area contributed by atoms with Gasteiger partial charge in [-0.25, -0.2) is 0 Å². The third-order valence-corrected chi connectivity index (χ3v) is 3.49. The van der Waals surface area contributed by atoms with Crippen molar-refractivity contribution in [2.45, 2.75) is 84.0 Å². The number of allylic oxidation sites excluding steroid dienone is 1. The topological polar surface area (TPSA) is 26.3 Å². The minimum atomic E-state index is -0.0793. The first-order chi connectivity index (χ1) is 8.83. The van der Waals surface area contributed by atoms with Crippen molar-refractivity contribution in [2.24, 2.45) is 0 Å². The van der Waals surface area contributed by atoms with Crippen molar-refractivity contribution in [2.75, 3.05) is 0 Å². The van der Waals surface area contributed by atoms with Gasteiger partial charge in [-0.15, -0.1) is 0 Å². The van der Waals surface area contributed by atoms with Crippen LogP contribution in [0.5, 0.6) is 0 Å². The van der Waals surface area contributed by atoms with Crippen LogP contribution in [-0.2, 0) is 9.53 Å². The van der Waals surface area contributed by atoms with E-state index in [0.717, 1.165) is 12.2 Å². The monoisotopic (exact) mass is 252 g/mol. The Bertz CT molecular complexity index is 246. The number of hydrogen-bond acceptors (Lipinski definition) is 2. The van der Waals surface area contributed by atoms with Gasteiger partial charge in [-0.1, -0.05) is 64.7 Å². The van der Waals surface area contributed by atoms with Crippen molar-refractivity contribution in [1.82, 2.24) is 0 Å². The number of unbranched alkanes of at least 4 members (excludes halogenated alkanes) is 10. The molecule has 0 amide bonds. The molecule has 1 heterocycles. The van der Waals surface area contributed by atoms with E-state index in [9.17, 15) is 4.79 Å². The predicted molar refractivity (Wildman–Crippen MR) is 75.3 cm³/mol. The van der Waals surface area contributed by atoms with Gasteiger partial charge in [0.05, 0.1) is 0 Å². The fourth-order valence-electron chi connectivity index (χ4n) is 2.29. The molecule has 18 heavy (non-hydrogen) atoms. The van der Waals surface area contributed by atoms with Gasteiger partial charge in [-0.05, 0) is 18.9 Å². The molecule has 0 unspecified atom stereocenters. The van der Waals surface area contributed by atoms with Gasteiger partial charge >= 0.3 is 5.97 Å². The Labute approximate surface area is 112 Å². The summed E-state index contributed by atoms with van der Waals surface area (Å²) in [6.07, 6.45) is 17.4.